The van der Waals surface area contributed by atoms with Crippen molar-refractivity contribution in [3.05, 3.63) is 53.6 Å². The smallest absolute Gasteiger partial charge is 0.240 e. The first-order valence-electron chi connectivity index (χ1n) is 9.27. The van der Waals surface area contributed by atoms with E-state index in [2.05, 4.69) is 10.6 Å². The van der Waals surface area contributed by atoms with Crippen LogP contribution in [0, 0.1) is 19.3 Å². The fourth-order valence-corrected chi connectivity index (χ4v) is 2.89. The van der Waals surface area contributed by atoms with Crippen LogP contribution in [0.5, 0.6) is 5.75 Å². The Morgan fingerprint density at radius 3 is 1.96 bits per heavy atom. The van der Waals surface area contributed by atoms with Crippen molar-refractivity contribution in [2.75, 3.05) is 10.6 Å². The van der Waals surface area contributed by atoms with Crippen LogP contribution in [-0.4, -0.2) is 17.9 Å². The van der Waals surface area contributed by atoms with Crippen LogP contribution in [-0.2, 0) is 9.59 Å². The molecule has 0 saturated heterocycles. The topological polar surface area (TPSA) is 67.4 Å². The van der Waals surface area contributed by atoms with E-state index in [9.17, 15) is 9.59 Å². The Hall–Kier alpha value is -2.82. The van der Waals surface area contributed by atoms with Crippen LogP contribution in [0.3, 0.4) is 0 Å². The van der Waals surface area contributed by atoms with Crippen molar-refractivity contribution in [1.29, 1.82) is 0 Å². The van der Waals surface area contributed by atoms with Gasteiger partial charge in [0.25, 0.3) is 0 Å². The van der Waals surface area contributed by atoms with Gasteiger partial charge in [-0.25, -0.2) is 0 Å². The molecular weight excluding hydrogens is 340 g/mol. The van der Waals surface area contributed by atoms with Crippen molar-refractivity contribution in [2.24, 2.45) is 5.41 Å². The first-order chi connectivity index (χ1) is 12.8. The van der Waals surface area contributed by atoms with Gasteiger partial charge >= 0.3 is 0 Å². The molecule has 5 heteroatoms. The maximum Gasteiger partial charge on any atom is 0.240 e. The number of amides is 2. The van der Waals surface area contributed by atoms with Crippen molar-refractivity contribution in [3.63, 3.8) is 0 Å². The summed E-state index contributed by atoms with van der Waals surface area (Å²) in [7, 11) is 0. The van der Waals surface area contributed by atoms with Gasteiger partial charge in [-0.15, -0.1) is 0 Å². The van der Waals surface area contributed by atoms with Crippen LogP contribution in [0.1, 0.15) is 37.8 Å². The van der Waals surface area contributed by atoms with Crippen molar-refractivity contribution in [2.45, 2.75) is 46.6 Å². The number of rotatable bonds is 6. The first-order valence-corrected chi connectivity index (χ1v) is 9.27. The summed E-state index contributed by atoms with van der Waals surface area (Å²) in [5, 5.41) is 5.75. The zero-order chi connectivity index (χ0) is 19.6. The summed E-state index contributed by atoms with van der Waals surface area (Å²) in [4.78, 5) is 25.4. The van der Waals surface area contributed by atoms with E-state index in [1.807, 2.05) is 58.0 Å². The van der Waals surface area contributed by atoms with Gasteiger partial charge in [-0.05, 0) is 88.1 Å². The van der Waals surface area contributed by atoms with Crippen molar-refractivity contribution < 1.29 is 14.3 Å². The normalized spacial score (nSPS) is 14.6. The molecule has 1 saturated carbocycles. The number of ether oxygens (including phenoxy) is 1. The SMILES string of the molecule is Cc1ccc(NC(=O)C2(C(=O)Nc3ccc(OC(C)C)cc3)CC2)cc1C. The lowest BCUT2D eigenvalue weighted by atomic mass is 10.0. The second-order valence-corrected chi connectivity index (χ2v) is 7.48. The third kappa shape index (κ3) is 4.30. The summed E-state index contributed by atoms with van der Waals surface area (Å²) in [6, 6.07) is 12.9. The molecule has 1 aliphatic carbocycles. The van der Waals surface area contributed by atoms with E-state index < -0.39 is 5.41 Å². The van der Waals surface area contributed by atoms with E-state index in [1.54, 1.807) is 12.1 Å². The van der Waals surface area contributed by atoms with Crippen LogP contribution >= 0.6 is 0 Å². The number of carbonyl (C=O) groups is 2. The van der Waals surface area contributed by atoms with Gasteiger partial charge in [0.15, 0.2) is 0 Å². The molecule has 5 nitrogen and oxygen atoms in total. The Kier molecular flexibility index (Phi) is 5.22. The molecule has 0 heterocycles. The molecule has 0 aliphatic heterocycles. The third-order valence-electron chi connectivity index (χ3n) is 4.87. The Morgan fingerprint density at radius 1 is 0.889 bits per heavy atom. The highest BCUT2D eigenvalue weighted by molar-refractivity contribution is 6.16. The maximum absolute atomic E-state index is 12.7. The summed E-state index contributed by atoms with van der Waals surface area (Å²) in [5.74, 6) is 0.237. The molecule has 0 spiro atoms. The molecule has 1 aliphatic rings. The summed E-state index contributed by atoms with van der Waals surface area (Å²) < 4.78 is 5.60. The van der Waals surface area contributed by atoms with Gasteiger partial charge in [0, 0.05) is 11.4 Å². The van der Waals surface area contributed by atoms with E-state index in [-0.39, 0.29) is 17.9 Å². The minimum atomic E-state index is -0.980. The number of carbonyl (C=O) groups excluding carboxylic acids is 2. The highest BCUT2D eigenvalue weighted by Crippen LogP contribution is 2.47. The molecule has 2 N–H and O–H groups in total. The largest absolute Gasteiger partial charge is 0.491 e. The highest BCUT2D eigenvalue weighted by atomic mass is 16.5. The zero-order valence-electron chi connectivity index (χ0n) is 16.3. The fraction of sp³-hybridized carbons (Fsp3) is 0.364. The van der Waals surface area contributed by atoms with Crippen LogP contribution in [0.2, 0.25) is 0 Å². The van der Waals surface area contributed by atoms with Crippen LogP contribution in [0.25, 0.3) is 0 Å². The fourth-order valence-electron chi connectivity index (χ4n) is 2.89. The molecule has 3 rings (SSSR count). The van der Waals surface area contributed by atoms with Gasteiger partial charge < -0.3 is 15.4 Å². The van der Waals surface area contributed by atoms with E-state index >= 15 is 0 Å². The maximum atomic E-state index is 12.7. The second-order valence-electron chi connectivity index (χ2n) is 7.48. The molecule has 2 aromatic carbocycles. The molecule has 27 heavy (non-hydrogen) atoms. The van der Waals surface area contributed by atoms with Gasteiger partial charge in [0.1, 0.15) is 11.2 Å². The summed E-state index contributed by atoms with van der Waals surface area (Å²) in [5.41, 5.74) is 2.66. The average Bonchev–Trinajstić information content (AvgIpc) is 3.41. The number of hydrogen-bond acceptors (Lipinski definition) is 3. The molecule has 1 fully saturated rings. The Morgan fingerprint density at radius 2 is 1.44 bits per heavy atom. The van der Waals surface area contributed by atoms with E-state index in [4.69, 9.17) is 4.74 Å². The number of aryl methyl sites for hydroxylation is 2. The molecule has 142 valence electrons. The lowest BCUT2D eigenvalue weighted by molar-refractivity contribution is -0.131. The minimum Gasteiger partial charge on any atom is -0.491 e. The highest BCUT2D eigenvalue weighted by Gasteiger charge is 2.56. The van der Waals surface area contributed by atoms with Gasteiger partial charge in [-0.3, -0.25) is 9.59 Å². The predicted octanol–water partition coefficient (Wildman–Crippen LogP) is 4.45. The van der Waals surface area contributed by atoms with Gasteiger partial charge in [-0.2, -0.15) is 0 Å². The van der Waals surface area contributed by atoms with E-state index in [1.165, 1.54) is 0 Å². The number of benzene rings is 2. The van der Waals surface area contributed by atoms with E-state index in [0.29, 0.717) is 18.5 Å². The average molecular weight is 366 g/mol. The minimum absolute atomic E-state index is 0.0919. The molecule has 2 amide bonds. The van der Waals surface area contributed by atoms with Crippen LogP contribution in [0.4, 0.5) is 11.4 Å². The van der Waals surface area contributed by atoms with Crippen molar-refractivity contribution >= 4 is 23.2 Å². The lowest BCUT2D eigenvalue weighted by Crippen LogP contribution is -2.35. The van der Waals surface area contributed by atoms with Gasteiger partial charge in [-0.1, -0.05) is 6.07 Å². The quantitative estimate of drug-likeness (QED) is 0.742. The monoisotopic (exact) mass is 366 g/mol. The summed E-state index contributed by atoms with van der Waals surface area (Å²) in [6.45, 7) is 7.94. The first kappa shape index (κ1) is 19.0. The molecule has 0 aromatic heterocycles. The van der Waals surface area contributed by atoms with Crippen molar-refractivity contribution in [3.8, 4) is 5.75 Å². The third-order valence-corrected chi connectivity index (χ3v) is 4.87. The Bertz CT molecular complexity index is 852. The van der Waals surface area contributed by atoms with Crippen LogP contribution in [0.15, 0.2) is 42.5 Å². The van der Waals surface area contributed by atoms with Crippen molar-refractivity contribution in [1.82, 2.24) is 0 Å². The molecule has 0 unspecified atom stereocenters. The molecule has 0 bridgehead atoms. The molecule has 2 aromatic rings. The zero-order valence-corrected chi connectivity index (χ0v) is 16.3. The van der Waals surface area contributed by atoms with Gasteiger partial charge in [0.2, 0.25) is 11.8 Å². The Labute approximate surface area is 160 Å². The number of anilines is 2. The second kappa shape index (κ2) is 7.43. The Balaban J connectivity index is 1.65. The van der Waals surface area contributed by atoms with E-state index in [0.717, 1.165) is 22.6 Å². The van der Waals surface area contributed by atoms with Crippen LogP contribution < -0.4 is 15.4 Å². The predicted molar refractivity (Wildman–Crippen MR) is 107 cm³/mol. The molecule has 0 atom stereocenters. The standard InChI is InChI=1S/C22H26N2O3/c1-14(2)27-19-9-7-17(8-10-19)23-20(25)22(11-12-22)21(26)24-18-6-5-15(3)16(4)13-18/h5-10,13-14H,11-12H2,1-4H3,(H,23,25)(H,24,26). The van der Waals surface area contributed by atoms with Gasteiger partial charge in [0.05, 0.1) is 6.10 Å². The summed E-state index contributed by atoms with van der Waals surface area (Å²) >= 11 is 0. The summed E-state index contributed by atoms with van der Waals surface area (Å²) in [6.07, 6.45) is 1.21. The lowest BCUT2D eigenvalue weighted by Gasteiger charge is -2.16. The molecular formula is C22H26N2O3. The number of hydrogen-bond donors (Lipinski definition) is 2. The number of nitrogens with one attached hydrogen (secondary N) is 2. The molecule has 0 radical (unpaired) electrons.